The molecule has 0 N–H and O–H groups in total. The molecule has 0 saturated carbocycles. The molecule has 1 heterocycles. The predicted octanol–water partition coefficient (Wildman–Crippen LogP) is 0.510. The fourth-order valence-electron chi connectivity index (χ4n) is 1.24. The summed E-state index contributed by atoms with van der Waals surface area (Å²) in [5, 5.41) is 0. The zero-order chi connectivity index (χ0) is 12.2. The molecule has 0 aromatic carbocycles. The van der Waals surface area contributed by atoms with Crippen LogP contribution in [-0.2, 0) is 28.9 Å². The summed E-state index contributed by atoms with van der Waals surface area (Å²) >= 11 is 0. The third-order valence-corrected chi connectivity index (χ3v) is 5.42. The number of ether oxygens (including phenoxy) is 2. The van der Waals surface area contributed by atoms with Crippen molar-refractivity contribution in [1.82, 2.24) is 0 Å². The van der Waals surface area contributed by atoms with Crippen LogP contribution in [0.25, 0.3) is 0 Å². The van der Waals surface area contributed by atoms with Gasteiger partial charge in [-0.15, -0.1) is 0 Å². The van der Waals surface area contributed by atoms with Gasteiger partial charge < -0.3 is 9.47 Å². The monoisotopic (exact) mass is 266 g/mol. The number of carbonyl (C=O) groups is 2. The van der Waals surface area contributed by atoms with Gasteiger partial charge in [0.2, 0.25) is 0 Å². The van der Waals surface area contributed by atoms with Crippen LogP contribution in [0, 0.1) is 5.41 Å². The summed E-state index contributed by atoms with van der Waals surface area (Å²) in [7, 11) is 0.310. The minimum absolute atomic E-state index is 0.147. The summed E-state index contributed by atoms with van der Waals surface area (Å²) in [6.07, 6.45) is 0. The van der Waals surface area contributed by atoms with Gasteiger partial charge in [-0.3, -0.25) is 9.59 Å². The van der Waals surface area contributed by atoms with Crippen molar-refractivity contribution in [2.45, 2.75) is 13.8 Å². The van der Waals surface area contributed by atoms with E-state index in [1.54, 1.807) is 0 Å². The molecular formula is C9H14O5S2. The van der Waals surface area contributed by atoms with Gasteiger partial charge in [-0.25, -0.2) is 4.21 Å². The average Bonchev–Trinajstić information content (AvgIpc) is 2.55. The van der Waals surface area contributed by atoms with Crippen molar-refractivity contribution in [3.8, 4) is 0 Å². The van der Waals surface area contributed by atoms with Crippen LogP contribution in [0.3, 0.4) is 0 Å². The molecule has 1 unspecified atom stereocenters. The first-order chi connectivity index (χ1) is 7.43. The van der Waals surface area contributed by atoms with Crippen molar-refractivity contribution in [2.24, 2.45) is 5.41 Å². The van der Waals surface area contributed by atoms with Gasteiger partial charge in [-0.05, 0) is 0 Å². The highest BCUT2D eigenvalue weighted by Gasteiger charge is 2.41. The van der Waals surface area contributed by atoms with Crippen LogP contribution in [0.15, 0.2) is 0 Å². The Morgan fingerprint density at radius 2 is 1.75 bits per heavy atom. The molecule has 0 amide bonds. The third kappa shape index (κ3) is 4.13. The molecule has 5 nitrogen and oxygen atoms in total. The predicted molar refractivity (Wildman–Crippen MR) is 61.2 cm³/mol. The van der Waals surface area contributed by atoms with Crippen LogP contribution in [0.2, 0.25) is 0 Å². The lowest BCUT2D eigenvalue weighted by Crippen LogP contribution is -2.37. The molecule has 0 aromatic rings. The highest BCUT2D eigenvalue weighted by Crippen LogP contribution is 2.36. The molecule has 0 aliphatic carbocycles. The van der Waals surface area contributed by atoms with Gasteiger partial charge in [-0.1, -0.05) is 10.8 Å². The van der Waals surface area contributed by atoms with Crippen LogP contribution in [0.1, 0.15) is 13.8 Å². The van der Waals surface area contributed by atoms with Crippen LogP contribution in [0.4, 0.5) is 0 Å². The van der Waals surface area contributed by atoms with Gasteiger partial charge in [0.05, 0.1) is 15.2 Å². The third-order valence-electron chi connectivity index (χ3n) is 2.08. The van der Waals surface area contributed by atoms with E-state index in [0.29, 0.717) is 11.5 Å². The van der Waals surface area contributed by atoms with E-state index in [1.807, 2.05) is 0 Å². The van der Waals surface area contributed by atoms with Crippen molar-refractivity contribution >= 4 is 32.6 Å². The molecule has 1 fully saturated rings. The fourth-order valence-corrected chi connectivity index (χ4v) is 5.02. The highest BCUT2D eigenvalue weighted by molar-refractivity contribution is 8.69. The Morgan fingerprint density at radius 1 is 1.25 bits per heavy atom. The van der Waals surface area contributed by atoms with E-state index in [4.69, 9.17) is 9.47 Å². The fraction of sp³-hybridized carbons (Fsp3) is 0.778. The molecule has 1 atom stereocenters. The number of esters is 2. The molecule has 0 spiro atoms. The van der Waals surface area contributed by atoms with E-state index >= 15 is 0 Å². The van der Waals surface area contributed by atoms with Crippen molar-refractivity contribution < 1.29 is 23.3 Å². The molecule has 0 radical (unpaired) electrons. The van der Waals surface area contributed by atoms with Gasteiger partial charge in [0.15, 0.2) is 0 Å². The molecule has 1 rings (SSSR count). The lowest BCUT2D eigenvalue weighted by Gasteiger charge is -2.25. The molecule has 1 aliphatic rings. The minimum atomic E-state index is -0.988. The summed E-state index contributed by atoms with van der Waals surface area (Å²) in [6.45, 7) is 2.93. The van der Waals surface area contributed by atoms with Crippen molar-refractivity contribution in [3.63, 3.8) is 0 Å². The highest BCUT2D eigenvalue weighted by atomic mass is 33.1. The van der Waals surface area contributed by atoms with Gasteiger partial charge in [0.25, 0.3) is 0 Å². The SMILES string of the molecule is CC(=O)OCC1(COC(C)=O)CSS(=O)C1. The van der Waals surface area contributed by atoms with E-state index in [9.17, 15) is 13.8 Å². The molecule has 0 aromatic heterocycles. The molecule has 7 heteroatoms. The Balaban J connectivity index is 2.57. The maximum Gasteiger partial charge on any atom is 0.302 e. The molecule has 0 bridgehead atoms. The maximum atomic E-state index is 11.3. The smallest absolute Gasteiger partial charge is 0.302 e. The van der Waals surface area contributed by atoms with Crippen molar-refractivity contribution in [3.05, 3.63) is 0 Å². The minimum Gasteiger partial charge on any atom is -0.465 e. The quantitative estimate of drug-likeness (QED) is 0.545. The summed E-state index contributed by atoms with van der Waals surface area (Å²) in [5.74, 6) is 0.188. The lowest BCUT2D eigenvalue weighted by molar-refractivity contribution is -0.149. The average molecular weight is 266 g/mol. The number of hydrogen-bond donors (Lipinski definition) is 0. The zero-order valence-electron chi connectivity index (χ0n) is 9.19. The zero-order valence-corrected chi connectivity index (χ0v) is 10.8. The van der Waals surface area contributed by atoms with Crippen LogP contribution < -0.4 is 0 Å². The second-order valence-corrected chi connectivity index (χ2v) is 7.01. The number of carbonyl (C=O) groups excluding carboxylic acids is 2. The van der Waals surface area contributed by atoms with Gasteiger partial charge in [0, 0.05) is 25.4 Å². The van der Waals surface area contributed by atoms with E-state index in [-0.39, 0.29) is 25.2 Å². The molecule has 1 saturated heterocycles. The topological polar surface area (TPSA) is 69.7 Å². The van der Waals surface area contributed by atoms with E-state index in [1.165, 1.54) is 24.6 Å². The van der Waals surface area contributed by atoms with E-state index in [0.717, 1.165) is 0 Å². The summed E-state index contributed by atoms with van der Waals surface area (Å²) in [4.78, 5) is 21.5. The molecule has 92 valence electrons. The Bertz CT molecular complexity index is 297. The Labute approximate surface area is 100 Å². The Hall–Kier alpha value is -0.560. The first-order valence-electron chi connectivity index (χ1n) is 4.72. The summed E-state index contributed by atoms with van der Waals surface area (Å²) in [6, 6.07) is 0. The molecule has 16 heavy (non-hydrogen) atoms. The van der Waals surface area contributed by atoms with Crippen LogP contribution in [-0.4, -0.2) is 40.9 Å². The second kappa shape index (κ2) is 5.67. The summed E-state index contributed by atoms with van der Waals surface area (Å²) < 4.78 is 21.2. The maximum absolute atomic E-state index is 11.3. The van der Waals surface area contributed by atoms with Gasteiger partial charge >= 0.3 is 11.9 Å². The molecular weight excluding hydrogens is 252 g/mol. The molecule has 1 aliphatic heterocycles. The van der Waals surface area contributed by atoms with Crippen molar-refractivity contribution in [1.29, 1.82) is 0 Å². The number of rotatable bonds is 4. The van der Waals surface area contributed by atoms with Crippen LogP contribution in [0.5, 0.6) is 0 Å². The van der Waals surface area contributed by atoms with Gasteiger partial charge in [-0.2, -0.15) is 0 Å². The van der Waals surface area contributed by atoms with E-state index < -0.39 is 15.2 Å². The Kier molecular flexibility index (Phi) is 4.79. The number of hydrogen-bond acceptors (Lipinski definition) is 6. The lowest BCUT2D eigenvalue weighted by atomic mass is 9.95. The van der Waals surface area contributed by atoms with Crippen LogP contribution >= 0.6 is 10.8 Å². The standard InChI is InChI=1S/C9H14O5S2/c1-7(10)13-3-9(4-14-8(2)11)5-15-16(12)6-9/h3-6H2,1-2H3. The second-order valence-electron chi connectivity index (χ2n) is 3.77. The largest absolute Gasteiger partial charge is 0.465 e. The van der Waals surface area contributed by atoms with Gasteiger partial charge in [0.1, 0.15) is 13.2 Å². The summed E-state index contributed by atoms with van der Waals surface area (Å²) in [5.41, 5.74) is -0.493. The Morgan fingerprint density at radius 3 is 2.06 bits per heavy atom. The van der Waals surface area contributed by atoms with Crippen molar-refractivity contribution in [2.75, 3.05) is 24.7 Å². The normalized spacial score (nSPS) is 22.8. The van der Waals surface area contributed by atoms with E-state index in [2.05, 4.69) is 0 Å². The first kappa shape index (κ1) is 13.5. The first-order valence-corrected chi connectivity index (χ1v) is 7.54.